The van der Waals surface area contributed by atoms with Crippen LogP contribution in [0.4, 0.5) is 0 Å². The van der Waals surface area contributed by atoms with Crippen LogP contribution in [0.15, 0.2) is 18.2 Å². The zero-order valence-electron chi connectivity index (χ0n) is 8.98. The van der Waals surface area contributed by atoms with E-state index < -0.39 is 0 Å². The summed E-state index contributed by atoms with van der Waals surface area (Å²) in [7, 11) is 0. The van der Waals surface area contributed by atoms with Crippen molar-refractivity contribution in [2.75, 3.05) is 13.2 Å². The fraction of sp³-hybridized carbons (Fsp3) is 0.500. The van der Waals surface area contributed by atoms with Crippen LogP contribution in [0.5, 0.6) is 11.5 Å². The first kappa shape index (κ1) is 11.6. The Bertz CT molecular complexity index is 383. The second-order valence-electron chi connectivity index (χ2n) is 4.32. The van der Waals surface area contributed by atoms with Gasteiger partial charge in [-0.05, 0) is 25.5 Å². The molecule has 0 unspecified atom stereocenters. The van der Waals surface area contributed by atoms with Crippen LogP contribution in [0, 0.1) is 0 Å². The standard InChI is InChI=1S/C12H15NO2.ClH/c14-11-5-1-3-9-8-4-2-6-13-10(8)7-15-12(9)11;/h1,3,5,8,10,13-14H,2,4,6-7H2;1H/t8-,10-;/m1./s1. The Hall–Kier alpha value is -0.930. The summed E-state index contributed by atoms with van der Waals surface area (Å²) >= 11 is 0. The Morgan fingerprint density at radius 2 is 2.25 bits per heavy atom. The van der Waals surface area contributed by atoms with Gasteiger partial charge in [0.2, 0.25) is 0 Å². The molecular formula is C12H16ClNO2. The second kappa shape index (κ2) is 4.52. The number of phenols is 1. The molecule has 3 rings (SSSR count). The van der Waals surface area contributed by atoms with Gasteiger partial charge < -0.3 is 15.2 Å². The van der Waals surface area contributed by atoms with Gasteiger partial charge >= 0.3 is 0 Å². The molecule has 1 saturated heterocycles. The average Bonchev–Trinajstić information content (AvgIpc) is 2.29. The van der Waals surface area contributed by atoms with Gasteiger partial charge in [-0.15, -0.1) is 12.4 Å². The molecule has 0 spiro atoms. The monoisotopic (exact) mass is 241 g/mol. The third-order valence-corrected chi connectivity index (χ3v) is 3.42. The molecule has 88 valence electrons. The van der Waals surface area contributed by atoms with Gasteiger partial charge in [0.1, 0.15) is 6.61 Å². The maximum absolute atomic E-state index is 9.70. The fourth-order valence-electron chi connectivity index (χ4n) is 2.66. The highest BCUT2D eigenvalue weighted by molar-refractivity contribution is 5.85. The van der Waals surface area contributed by atoms with E-state index in [0.29, 0.717) is 24.3 Å². The number of halogens is 1. The molecule has 3 nitrogen and oxygen atoms in total. The molecule has 0 radical (unpaired) electrons. The normalized spacial score (nSPS) is 27.0. The Labute approximate surface area is 101 Å². The van der Waals surface area contributed by atoms with Crippen molar-refractivity contribution in [2.45, 2.75) is 24.8 Å². The number of benzene rings is 1. The van der Waals surface area contributed by atoms with E-state index in [9.17, 15) is 5.11 Å². The maximum Gasteiger partial charge on any atom is 0.164 e. The van der Waals surface area contributed by atoms with E-state index in [4.69, 9.17) is 4.74 Å². The Kier molecular flexibility index (Phi) is 3.26. The molecule has 0 amide bonds. The SMILES string of the molecule is Cl.Oc1cccc2c1OC[C@H]1NCCC[C@H]21. The quantitative estimate of drug-likeness (QED) is 0.731. The molecule has 2 N–H and O–H groups in total. The lowest BCUT2D eigenvalue weighted by atomic mass is 9.83. The van der Waals surface area contributed by atoms with Crippen LogP contribution < -0.4 is 10.1 Å². The molecular weight excluding hydrogens is 226 g/mol. The van der Waals surface area contributed by atoms with Crippen molar-refractivity contribution in [3.05, 3.63) is 23.8 Å². The van der Waals surface area contributed by atoms with Crippen molar-refractivity contribution in [1.82, 2.24) is 5.32 Å². The predicted octanol–water partition coefficient (Wildman–Crippen LogP) is 2.04. The minimum Gasteiger partial charge on any atom is -0.504 e. The first-order chi connectivity index (χ1) is 7.36. The first-order valence-electron chi connectivity index (χ1n) is 5.54. The summed E-state index contributed by atoms with van der Waals surface area (Å²) in [6.45, 7) is 1.76. The predicted molar refractivity (Wildman–Crippen MR) is 64.6 cm³/mol. The fourth-order valence-corrected chi connectivity index (χ4v) is 2.66. The van der Waals surface area contributed by atoms with Gasteiger partial charge in [0.15, 0.2) is 11.5 Å². The molecule has 1 fully saturated rings. The van der Waals surface area contributed by atoms with Crippen LogP contribution in [0.1, 0.15) is 24.3 Å². The number of aromatic hydroxyl groups is 1. The molecule has 0 aromatic heterocycles. The zero-order chi connectivity index (χ0) is 10.3. The number of hydrogen-bond acceptors (Lipinski definition) is 3. The van der Waals surface area contributed by atoms with Crippen LogP contribution >= 0.6 is 12.4 Å². The van der Waals surface area contributed by atoms with Gasteiger partial charge in [0.05, 0.1) is 0 Å². The lowest BCUT2D eigenvalue weighted by molar-refractivity contribution is 0.184. The third kappa shape index (κ3) is 1.74. The number of piperidine rings is 1. The molecule has 0 aliphatic carbocycles. The molecule has 1 aromatic carbocycles. The van der Waals surface area contributed by atoms with Gasteiger partial charge in [-0.3, -0.25) is 0 Å². The van der Waals surface area contributed by atoms with Crippen LogP contribution in [0.25, 0.3) is 0 Å². The Morgan fingerprint density at radius 1 is 1.38 bits per heavy atom. The number of phenolic OH excluding ortho intramolecular Hbond substituents is 1. The number of fused-ring (bicyclic) bond motifs is 3. The van der Waals surface area contributed by atoms with Gasteiger partial charge in [-0.1, -0.05) is 12.1 Å². The van der Waals surface area contributed by atoms with E-state index in [0.717, 1.165) is 6.54 Å². The van der Waals surface area contributed by atoms with Gasteiger partial charge in [0.25, 0.3) is 0 Å². The van der Waals surface area contributed by atoms with Crippen molar-refractivity contribution in [3.63, 3.8) is 0 Å². The van der Waals surface area contributed by atoms with Crippen molar-refractivity contribution in [3.8, 4) is 11.5 Å². The average molecular weight is 242 g/mol. The van der Waals surface area contributed by atoms with Gasteiger partial charge in [-0.2, -0.15) is 0 Å². The first-order valence-corrected chi connectivity index (χ1v) is 5.54. The Morgan fingerprint density at radius 3 is 3.12 bits per heavy atom. The molecule has 0 bridgehead atoms. The van der Waals surface area contributed by atoms with Crippen molar-refractivity contribution < 1.29 is 9.84 Å². The highest BCUT2D eigenvalue weighted by atomic mass is 35.5. The Balaban J connectivity index is 0.000000963. The van der Waals surface area contributed by atoms with E-state index in [-0.39, 0.29) is 18.2 Å². The molecule has 1 aromatic rings. The molecule has 2 heterocycles. The number of nitrogens with one attached hydrogen (secondary N) is 1. The molecule has 0 saturated carbocycles. The number of ether oxygens (including phenoxy) is 1. The summed E-state index contributed by atoms with van der Waals surface area (Å²) in [6.07, 6.45) is 2.40. The summed E-state index contributed by atoms with van der Waals surface area (Å²) in [5, 5.41) is 13.2. The van der Waals surface area contributed by atoms with Crippen LogP contribution in [0.3, 0.4) is 0 Å². The molecule has 2 atom stereocenters. The summed E-state index contributed by atoms with van der Waals surface area (Å²) in [6, 6.07) is 6.08. The highest BCUT2D eigenvalue weighted by Crippen LogP contribution is 2.42. The van der Waals surface area contributed by atoms with Crippen LogP contribution in [0.2, 0.25) is 0 Å². The number of hydrogen-bond donors (Lipinski definition) is 2. The lowest BCUT2D eigenvalue weighted by Gasteiger charge is -2.37. The van der Waals surface area contributed by atoms with Gasteiger partial charge in [-0.25, -0.2) is 0 Å². The van der Waals surface area contributed by atoms with Crippen LogP contribution in [-0.4, -0.2) is 24.3 Å². The molecule has 4 heteroatoms. The zero-order valence-corrected chi connectivity index (χ0v) is 9.80. The van der Waals surface area contributed by atoms with E-state index in [1.54, 1.807) is 6.07 Å². The van der Waals surface area contributed by atoms with Crippen molar-refractivity contribution in [2.24, 2.45) is 0 Å². The summed E-state index contributed by atoms with van der Waals surface area (Å²) in [5.41, 5.74) is 1.17. The third-order valence-electron chi connectivity index (χ3n) is 3.42. The number of para-hydroxylation sites is 1. The molecule has 2 aliphatic heterocycles. The minimum atomic E-state index is 0. The molecule has 2 aliphatic rings. The van der Waals surface area contributed by atoms with E-state index in [1.807, 2.05) is 6.07 Å². The summed E-state index contributed by atoms with van der Waals surface area (Å²) in [5.74, 6) is 1.48. The lowest BCUT2D eigenvalue weighted by Crippen LogP contribution is -2.46. The smallest absolute Gasteiger partial charge is 0.164 e. The highest BCUT2D eigenvalue weighted by Gasteiger charge is 2.33. The second-order valence-corrected chi connectivity index (χ2v) is 4.32. The summed E-state index contributed by atoms with van der Waals surface area (Å²) < 4.78 is 5.61. The van der Waals surface area contributed by atoms with Crippen molar-refractivity contribution in [1.29, 1.82) is 0 Å². The van der Waals surface area contributed by atoms with Crippen LogP contribution in [-0.2, 0) is 0 Å². The van der Waals surface area contributed by atoms with E-state index in [2.05, 4.69) is 11.4 Å². The largest absolute Gasteiger partial charge is 0.504 e. The topological polar surface area (TPSA) is 41.5 Å². The van der Waals surface area contributed by atoms with E-state index in [1.165, 1.54) is 18.4 Å². The maximum atomic E-state index is 9.70. The van der Waals surface area contributed by atoms with Crippen molar-refractivity contribution >= 4 is 12.4 Å². The molecule has 16 heavy (non-hydrogen) atoms. The minimum absolute atomic E-state index is 0. The number of rotatable bonds is 0. The summed E-state index contributed by atoms with van der Waals surface area (Å²) in [4.78, 5) is 0. The van der Waals surface area contributed by atoms with Gasteiger partial charge in [0, 0.05) is 17.5 Å². The van der Waals surface area contributed by atoms with E-state index >= 15 is 0 Å².